The third kappa shape index (κ3) is 5.81. The maximum atomic E-state index is 12.6. The lowest BCUT2D eigenvalue weighted by molar-refractivity contribution is -0.122. The molecule has 29 heavy (non-hydrogen) atoms. The lowest BCUT2D eigenvalue weighted by atomic mass is 9.89. The molecule has 0 saturated carbocycles. The highest BCUT2D eigenvalue weighted by atomic mass is 35.5. The number of nitrogens with zero attached hydrogens (tertiary/aromatic N) is 1. The van der Waals surface area contributed by atoms with E-state index in [4.69, 9.17) is 11.6 Å². The number of carbonyl (C=O) groups is 1. The minimum atomic E-state index is -3.57. The molecule has 0 aliphatic heterocycles. The molecule has 0 unspecified atom stereocenters. The van der Waals surface area contributed by atoms with Crippen LogP contribution in [0.5, 0.6) is 0 Å². The number of sulfonamides is 1. The molecule has 7 heteroatoms. The zero-order valence-corrected chi connectivity index (χ0v) is 18.4. The number of carbonyl (C=O) groups excluding carboxylic acids is 1. The van der Waals surface area contributed by atoms with E-state index in [0.717, 1.165) is 29.0 Å². The van der Waals surface area contributed by atoms with Crippen molar-refractivity contribution in [3.63, 3.8) is 0 Å². The van der Waals surface area contributed by atoms with E-state index in [-0.39, 0.29) is 25.0 Å². The molecule has 0 fully saturated rings. The second-order valence-corrected chi connectivity index (χ2v) is 10.0. The summed E-state index contributed by atoms with van der Waals surface area (Å²) < 4.78 is 25.5. The average molecular weight is 435 g/mol. The van der Waals surface area contributed by atoms with Gasteiger partial charge in [-0.05, 0) is 60.9 Å². The van der Waals surface area contributed by atoms with Crippen LogP contribution in [0.15, 0.2) is 42.5 Å². The topological polar surface area (TPSA) is 66.5 Å². The molecule has 0 aromatic heterocycles. The maximum Gasteiger partial charge on any atom is 0.235 e. The highest BCUT2D eigenvalue weighted by molar-refractivity contribution is 7.88. The molecule has 2 aromatic rings. The summed E-state index contributed by atoms with van der Waals surface area (Å²) in [5.41, 5.74) is 4.44. The number of hydrogen-bond donors (Lipinski definition) is 1. The molecule has 0 radical (unpaired) electrons. The summed E-state index contributed by atoms with van der Waals surface area (Å²) in [5, 5.41) is 3.40. The highest BCUT2D eigenvalue weighted by Gasteiger charge is 2.23. The van der Waals surface area contributed by atoms with Gasteiger partial charge in [-0.25, -0.2) is 8.42 Å². The fourth-order valence-corrected chi connectivity index (χ4v) is 4.58. The van der Waals surface area contributed by atoms with Crippen LogP contribution in [0.2, 0.25) is 5.02 Å². The van der Waals surface area contributed by atoms with Crippen molar-refractivity contribution in [2.75, 3.05) is 12.8 Å². The number of rotatable bonds is 7. The first-order valence-electron chi connectivity index (χ1n) is 9.83. The minimum Gasteiger partial charge on any atom is -0.348 e. The summed E-state index contributed by atoms with van der Waals surface area (Å²) in [6.45, 7) is 1.72. The van der Waals surface area contributed by atoms with Crippen LogP contribution in [0, 0.1) is 0 Å². The minimum absolute atomic E-state index is 0.0547. The monoisotopic (exact) mass is 434 g/mol. The van der Waals surface area contributed by atoms with Gasteiger partial charge < -0.3 is 5.32 Å². The summed E-state index contributed by atoms with van der Waals surface area (Å²) in [6.07, 6.45) is 5.71. The number of amides is 1. The second kappa shape index (κ2) is 9.28. The summed E-state index contributed by atoms with van der Waals surface area (Å²) in [7, 11) is -3.57. The van der Waals surface area contributed by atoms with Crippen molar-refractivity contribution < 1.29 is 13.2 Å². The van der Waals surface area contributed by atoms with E-state index >= 15 is 0 Å². The van der Waals surface area contributed by atoms with Gasteiger partial charge in [0.15, 0.2) is 0 Å². The molecule has 1 atom stereocenters. The third-order valence-electron chi connectivity index (χ3n) is 5.34. The van der Waals surface area contributed by atoms with Crippen molar-refractivity contribution in [2.45, 2.75) is 45.2 Å². The predicted octanol–water partition coefficient (Wildman–Crippen LogP) is 3.86. The standard InChI is InChI=1S/C22H27ClN2O3S/c1-16(18-12-11-17-7-3-4-8-19(17)13-18)24-22(26)15-25(29(2,27)28)14-20-9-5-6-10-21(20)23/h5-6,9-13,16H,3-4,7-8,14-15H2,1-2H3,(H,24,26)/t16-/m1/s1. The smallest absolute Gasteiger partial charge is 0.235 e. The quantitative estimate of drug-likeness (QED) is 0.719. The molecule has 0 saturated heterocycles. The molecule has 1 N–H and O–H groups in total. The van der Waals surface area contributed by atoms with Gasteiger partial charge in [-0.2, -0.15) is 4.31 Å². The predicted molar refractivity (Wildman–Crippen MR) is 116 cm³/mol. The molecule has 2 aromatic carbocycles. The molecule has 1 aliphatic rings. The molecule has 1 aliphatic carbocycles. The number of hydrogen-bond acceptors (Lipinski definition) is 3. The summed E-state index contributed by atoms with van der Waals surface area (Å²) in [4.78, 5) is 12.6. The van der Waals surface area contributed by atoms with Gasteiger partial charge >= 0.3 is 0 Å². The Morgan fingerprint density at radius 3 is 2.52 bits per heavy atom. The van der Waals surface area contributed by atoms with Gasteiger partial charge in [-0.15, -0.1) is 0 Å². The zero-order chi connectivity index (χ0) is 21.0. The molecule has 5 nitrogen and oxygen atoms in total. The van der Waals surface area contributed by atoms with Gasteiger partial charge in [-0.3, -0.25) is 4.79 Å². The Labute approximate surface area is 178 Å². The Kier molecular flexibility index (Phi) is 6.98. The van der Waals surface area contributed by atoms with Crippen molar-refractivity contribution >= 4 is 27.5 Å². The van der Waals surface area contributed by atoms with Gasteiger partial charge in [0.1, 0.15) is 0 Å². The van der Waals surface area contributed by atoms with Gasteiger partial charge in [0.25, 0.3) is 0 Å². The largest absolute Gasteiger partial charge is 0.348 e. The van der Waals surface area contributed by atoms with Crippen LogP contribution in [0.4, 0.5) is 0 Å². The van der Waals surface area contributed by atoms with E-state index in [1.165, 1.54) is 24.0 Å². The number of halogens is 1. The first-order chi connectivity index (χ1) is 13.7. The number of nitrogens with one attached hydrogen (secondary N) is 1. The Bertz CT molecular complexity index is 991. The van der Waals surface area contributed by atoms with Crippen LogP contribution in [-0.4, -0.2) is 31.4 Å². The average Bonchev–Trinajstić information content (AvgIpc) is 2.68. The van der Waals surface area contributed by atoms with Gasteiger partial charge in [0.2, 0.25) is 15.9 Å². The fourth-order valence-electron chi connectivity index (χ4n) is 3.66. The summed E-state index contributed by atoms with van der Waals surface area (Å²) >= 11 is 6.16. The van der Waals surface area contributed by atoms with E-state index in [1.807, 2.05) is 13.0 Å². The van der Waals surface area contributed by atoms with Gasteiger partial charge in [0, 0.05) is 11.6 Å². The number of aryl methyl sites for hydroxylation is 2. The fraction of sp³-hybridized carbons (Fsp3) is 0.409. The molecule has 1 amide bonds. The Hall–Kier alpha value is -1.89. The van der Waals surface area contributed by atoms with E-state index < -0.39 is 10.0 Å². The molecular formula is C22H27ClN2O3S. The van der Waals surface area contributed by atoms with Gasteiger partial charge in [-0.1, -0.05) is 48.0 Å². The lowest BCUT2D eigenvalue weighted by Gasteiger charge is -2.23. The molecule has 0 spiro atoms. The molecule has 0 heterocycles. The Balaban J connectivity index is 1.67. The highest BCUT2D eigenvalue weighted by Crippen LogP contribution is 2.25. The van der Waals surface area contributed by atoms with E-state index in [9.17, 15) is 13.2 Å². The van der Waals surface area contributed by atoms with E-state index in [1.54, 1.807) is 24.3 Å². The molecular weight excluding hydrogens is 408 g/mol. The number of fused-ring (bicyclic) bond motifs is 1. The first kappa shape index (κ1) is 21.8. The van der Waals surface area contributed by atoms with Crippen molar-refractivity contribution in [3.8, 4) is 0 Å². The van der Waals surface area contributed by atoms with Crippen LogP contribution < -0.4 is 5.32 Å². The zero-order valence-electron chi connectivity index (χ0n) is 16.8. The van der Waals surface area contributed by atoms with Crippen LogP contribution in [0.1, 0.15) is 48.1 Å². The van der Waals surface area contributed by atoms with Crippen molar-refractivity contribution in [1.82, 2.24) is 9.62 Å². The maximum absolute atomic E-state index is 12.6. The summed E-state index contributed by atoms with van der Waals surface area (Å²) in [6, 6.07) is 13.2. The molecule has 3 rings (SSSR count). The van der Waals surface area contributed by atoms with Crippen LogP contribution in [0.25, 0.3) is 0 Å². The van der Waals surface area contributed by atoms with E-state index in [0.29, 0.717) is 10.6 Å². The van der Waals surface area contributed by atoms with E-state index in [2.05, 4.69) is 17.4 Å². The summed E-state index contributed by atoms with van der Waals surface area (Å²) in [5.74, 6) is -0.340. The van der Waals surface area contributed by atoms with Crippen molar-refractivity contribution in [3.05, 3.63) is 69.7 Å². The first-order valence-corrected chi connectivity index (χ1v) is 12.1. The Morgan fingerprint density at radius 1 is 1.14 bits per heavy atom. The molecule has 0 bridgehead atoms. The van der Waals surface area contributed by atoms with Crippen LogP contribution >= 0.6 is 11.6 Å². The Morgan fingerprint density at radius 2 is 1.83 bits per heavy atom. The SMILES string of the molecule is C[C@@H](NC(=O)CN(Cc1ccccc1Cl)S(C)(=O)=O)c1ccc2c(c1)CCCC2. The third-order valence-corrected chi connectivity index (χ3v) is 6.91. The van der Waals surface area contributed by atoms with Crippen molar-refractivity contribution in [1.29, 1.82) is 0 Å². The second-order valence-electron chi connectivity index (χ2n) is 7.65. The molecule has 156 valence electrons. The van der Waals surface area contributed by atoms with Gasteiger partial charge in [0.05, 0.1) is 18.8 Å². The van der Waals surface area contributed by atoms with Crippen molar-refractivity contribution in [2.24, 2.45) is 0 Å². The van der Waals surface area contributed by atoms with Crippen LogP contribution in [-0.2, 0) is 34.2 Å². The number of benzene rings is 2. The normalized spacial score (nSPS) is 15.0. The van der Waals surface area contributed by atoms with Crippen LogP contribution in [0.3, 0.4) is 0 Å². The lowest BCUT2D eigenvalue weighted by Crippen LogP contribution is -2.40.